The maximum atomic E-state index is 8.45. The van der Waals surface area contributed by atoms with Crippen LogP contribution in [0.1, 0.15) is 6.92 Å². The molecular formula is C11H10N4O. The summed E-state index contributed by atoms with van der Waals surface area (Å²) < 4.78 is 5.26. The molecule has 0 aliphatic carbocycles. The molecule has 0 aromatic heterocycles. The molecule has 0 spiro atoms. The summed E-state index contributed by atoms with van der Waals surface area (Å²) in [5, 5.41) is 20.5. The van der Waals surface area contributed by atoms with Crippen LogP contribution < -0.4 is 10.2 Å². The van der Waals surface area contributed by atoms with E-state index in [-0.39, 0.29) is 5.71 Å². The maximum absolute atomic E-state index is 8.45. The summed E-state index contributed by atoms with van der Waals surface area (Å²) in [6.07, 6.45) is 0. The summed E-state index contributed by atoms with van der Waals surface area (Å²) in [4.78, 5) is 0. The van der Waals surface area contributed by atoms with Gasteiger partial charge in [-0.2, -0.15) is 15.6 Å². The summed E-state index contributed by atoms with van der Waals surface area (Å²) in [5.74, 6) is 0.762. The minimum Gasteiger partial charge on any atom is -0.494 e. The van der Waals surface area contributed by atoms with Crippen LogP contribution in [0, 0.1) is 22.7 Å². The topological polar surface area (TPSA) is 81.2 Å². The summed E-state index contributed by atoms with van der Waals surface area (Å²) in [7, 11) is 0. The van der Waals surface area contributed by atoms with Gasteiger partial charge in [0.15, 0.2) is 0 Å². The van der Waals surface area contributed by atoms with Crippen molar-refractivity contribution in [2.45, 2.75) is 6.92 Å². The smallest absolute Gasteiger partial charge is 0.237 e. The Labute approximate surface area is 93.6 Å². The third-order valence-corrected chi connectivity index (χ3v) is 1.67. The quantitative estimate of drug-likeness (QED) is 0.613. The second-order valence-electron chi connectivity index (χ2n) is 2.75. The average Bonchev–Trinajstić information content (AvgIpc) is 2.33. The first kappa shape index (κ1) is 11.5. The minimum atomic E-state index is -0.214. The molecule has 0 bridgehead atoms. The van der Waals surface area contributed by atoms with Gasteiger partial charge in [0, 0.05) is 0 Å². The fraction of sp³-hybridized carbons (Fsp3) is 0.182. The van der Waals surface area contributed by atoms with Crippen molar-refractivity contribution in [3.63, 3.8) is 0 Å². The first-order valence-corrected chi connectivity index (χ1v) is 4.67. The van der Waals surface area contributed by atoms with E-state index in [1.165, 1.54) is 0 Å². The second-order valence-corrected chi connectivity index (χ2v) is 2.75. The van der Waals surface area contributed by atoms with Crippen LogP contribution in [-0.2, 0) is 0 Å². The number of nitrogens with zero attached hydrogens (tertiary/aromatic N) is 3. The van der Waals surface area contributed by atoms with Crippen LogP contribution in [0.25, 0.3) is 0 Å². The van der Waals surface area contributed by atoms with Crippen LogP contribution >= 0.6 is 0 Å². The van der Waals surface area contributed by atoms with Crippen LogP contribution in [0.15, 0.2) is 29.4 Å². The van der Waals surface area contributed by atoms with Crippen molar-refractivity contribution in [3.8, 4) is 17.9 Å². The molecule has 0 saturated carbocycles. The molecular weight excluding hydrogens is 204 g/mol. The number of hydrogen-bond donors (Lipinski definition) is 1. The molecule has 0 heterocycles. The molecule has 1 aromatic carbocycles. The van der Waals surface area contributed by atoms with E-state index >= 15 is 0 Å². The van der Waals surface area contributed by atoms with Crippen molar-refractivity contribution in [1.29, 1.82) is 10.5 Å². The van der Waals surface area contributed by atoms with E-state index < -0.39 is 0 Å². The lowest BCUT2D eigenvalue weighted by atomic mass is 10.3. The van der Waals surface area contributed by atoms with Crippen molar-refractivity contribution in [3.05, 3.63) is 24.3 Å². The number of rotatable bonds is 4. The normalized spacial score (nSPS) is 8.44. The van der Waals surface area contributed by atoms with Gasteiger partial charge in [0.1, 0.15) is 17.9 Å². The average molecular weight is 214 g/mol. The number of nitrogens with one attached hydrogen (secondary N) is 1. The summed E-state index contributed by atoms with van der Waals surface area (Å²) in [6, 6.07) is 10.4. The Hall–Kier alpha value is -2.53. The predicted octanol–water partition coefficient (Wildman–Crippen LogP) is 1.90. The highest BCUT2D eigenvalue weighted by Gasteiger charge is 1.95. The third kappa shape index (κ3) is 3.32. The Morgan fingerprint density at radius 2 is 1.94 bits per heavy atom. The van der Waals surface area contributed by atoms with Gasteiger partial charge < -0.3 is 4.74 Å². The predicted molar refractivity (Wildman–Crippen MR) is 59.9 cm³/mol. The zero-order valence-electron chi connectivity index (χ0n) is 8.77. The highest BCUT2D eigenvalue weighted by Crippen LogP contribution is 2.15. The molecule has 1 N–H and O–H groups in total. The lowest BCUT2D eigenvalue weighted by Gasteiger charge is -2.03. The SMILES string of the molecule is CCOc1ccc(NN=C(C#N)C#N)cc1. The van der Waals surface area contributed by atoms with E-state index in [0.717, 1.165) is 5.75 Å². The van der Waals surface area contributed by atoms with E-state index in [1.54, 1.807) is 36.4 Å². The number of ether oxygens (including phenoxy) is 1. The lowest BCUT2D eigenvalue weighted by Crippen LogP contribution is -1.96. The van der Waals surface area contributed by atoms with Crippen molar-refractivity contribution in [2.75, 3.05) is 12.0 Å². The third-order valence-electron chi connectivity index (χ3n) is 1.67. The van der Waals surface area contributed by atoms with Gasteiger partial charge in [-0.1, -0.05) is 0 Å². The Morgan fingerprint density at radius 1 is 1.31 bits per heavy atom. The molecule has 16 heavy (non-hydrogen) atoms. The summed E-state index contributed by atoms with van der Waals surface area (Å²) in [6.45, 7) is 2.51. The Bertz CT molecular complexity index is 434. The molecule has 80 valence electrons. The number of benzene rings is 1. The Morgan fingerprint density at radius 3 is 2.44 bits per heavy atom. The van der Waals surface area contributed by atoms with Gasteiger partial charge in [-0.25, -0.2) is 0 Å². The Kier molecular flexibility index (Phi) is 4.36. The van der Waals surface area contributed by atoms with Crippen LogP contribution in [0.2, 0.25) is 0 Å². The zero-order chi connectivity index (χ0) is 11.8. The van der Waals surface area contributed by atoms with Crippen LogP contribution in [-0.4, -0.2) is 12.3 Å². The molecule has 0 amide bonds. The van der Waals surface area contributed by atoms with Gasteiger partial charge in [0.25, 0.3) is 0 Å². The Balaban J connectivity index is 2.67. The molecule has 0 saturated heterocycles. The molecule has 0 radical (unpaired) electrons. The maximum Gasteiger partial charge on any atom is 0.237 e. The molecule has 0 unspecified atom stereocenters. The van der Waals surface area contributed by atoms with Gasteiger partial charge in [-0.15, -0.1) is 0 Å². The molecule has 0 atom stereocenters. The zero-order valence-corrected chi connectivity index (χ0v) is 8.77. The standard InChI is InChI=1S/C11H10N4O/c1-2-16-11-5-3-9(4-6-11)14-15-10(7-12)8-13/h3-6,14H,2H2,1H3. The number of hydrazone groups is 1. The van der Waals surface area contributed by atoms with Crippen LogP contribution in [0.5, 0.6) is 5.75 Å². The van der Waals surface area contributed by atoms with Crippen molar-refractivity contribution < 1.29 is 4.74 Å². The second kappa shape index (κ2) is 6.05. The highest BCUT2D eigenvalue weighted by molar-refractivity contribution is 6.10. The van der Waals surface area contributed by atoms with E-state index in [1.807, 2.05) is 6.92 Å². The minimum absolute atomic E-state index is 0.214. The summed E-state index contributed by atoms with van der Waals surface area (Å²) >= 11 is 0. The van der Waals surface area contributed by atoms with E-state index in [2.05, 4.69) is 10.5 Å². The van der Waals surface area contributed by atoms with Crippen LogP contribution in [0.3, 0.4) is 0 Å². The molecule has 0 fully saturated rings. The van der Waals surface area contributed by atoms with Gasteiger partial charge in [0.05, 0.1) is 12.3 Å². The molecule has 1 aromatic rings. The van der Waals surface area contributed by atoms with E-state index in [0.29, 0.717) is 12.3 Å². The number of anilines is 1. The highest BCUT2D eigenvalue weighted by atomic mass is 16.5. The molecule has 5 nitrogen and oxygen atoms in total. The monoisotopic (exact) mass is 214 g/mol. The van der Waals surface area contributed by atoms with Crippen molar-refractivity contribution >= 4 is 11.4 Å². The lowest BCUT2D eigenvalue weighted by molar-refractivity contribution is 0.340. The van der Waals surface area contributed by atoms with Gasteiger partial charge >= 0.3 is 0 Å². The molecule has 0 aliphatic heterocycles. The number of nitriles is 2. The first-order chi connectivity index (χ1) is 7.80. The summed E-state index contributed by atoms with van der Waals surface area (Å²) in [5.41, 5.74) is 3.08. The van der Waals surface area contributed by atoms with Gasteiger partial charge in [-0.05, 0) is 31.2 Å². The van der Waals surface area contributed by atoms with Gasteiger partial charge in [-0.3, -0.25) is 5.43 Å². The number of hydrogen-bond acceptors (Lipinski definition) is 5. The van der Waals surface area contributed by atoms with E-state index in [9.17, 15) is 0 Å². The fourth-order valence-corrected chi connectivity index (χ4v) is 0.988. The largest absolute Gasteiger partial charge is 0.494 e. The molecule has 0 aliphatic rings. The van der Waals surface area contributed by atoms with E-state index in [4.69, 9.17) is 15.3 Å². The first-order valence-electron chi connectivity index (χ1n) is 4.67. The van der Waals surface area contributed by atoms with Crippen molar-refractivity contribution in [1.82, 2.24) is 0 Å². The molecule has 5 heteroatoms. The van der Waals surface area contributed by atoms with Crippen LogP contribution in [0.4, 0.5) is 5.69 Å². The molecule has 1 rings (SSSR count). The van der Waals surface area contributed by atoms with Gasteiger partial charge in [0.2, 0.25) is 5.71 Å². The fourth-order valence-electron chi connectivity index (χ4n) is 0.988. The van der Waals surface area contributed by atoms with Crippen molar-refractivity contribution in [2.24, 2.45) is 5.10 Å².